The first-order valence-corrected chi connectivity index (χ1v) is 17.5. The van der Waals surface area contributed by atoms with Crippen LogP contribution in [-0.4, -0.2) is 12.6 Å². The number of fused-ring (bicyclic) bond motifs is 10. The summed E-state index contributed by atoms with van der Waals surface area (Å²) in [6, 6.07) is 63.4. The Bertz CT molecular complexity index is 2530. The summed E-state index contributed by atoms with van der Waals surface area (Å²) in [7, 11) is 0. The Morgan fingerprint density at radius 1 is 0.510 bits per heavy atom. The van der Waals surface area contributed by atoms with Gasteiger partial charge < -0.3 is 4.90 Å². The lowest BCUT2D eigenvalue weighted by molar-refractivity contribution is 0.842. The van der Waals surface area contributed by atoms with Crippen molar-refractivity contribution < 1.29 is 0 Å². The van der Waals surface area contributed by atoms with E-state index in [-0.39, 0.29) is 0 Å². The molecule has 2 aliphatic carbocycles. The van der Waals surface area contributed by atoms with Gasteiger partial charge in [-0.1, -0.05) is 158 Å². The summed E-state index contributed by atoms with van der Waals surface area (Å²) in [5.74, 6) is 0.606. The van der Waals surface area contributed by atoms with Crippen LogP contribution in [0.15, 0.2) is 186 Å². The highest BCUT2D eigenvalue weighted by atomic mass is 15.1. The molecule has 3 aliphatic rings. The van der Waals surface area contributed by atoms with Gasteiger partial charge in [0.25, 0.3) is 0 Å². The normalized spacial score (nSPS) is 14.8. The molecule has 51 heavy (non-hydrogen) atoms. The first kappa shape index (κ1) is 29.3. The molecule has 0 bridgehead atoms. The Labute approximate surface area is 298 Å². The maximum Gasteiger partial charge on any atom is 0.159 e. The zero-order chi connectivity index (χ0) is 33.9. The van der Waals surface area contributed by atoms with Crippen LogP contribution < -0.4 is 4.90 Å². The van der Waals surface area contributed by atoms with E-state index in [1.165, 1.54) is 50.2 Å². The van der Waals surface area contributed by atoms with Crippen molar-refractivity contribution >= 4 is 35.2 Å². The number of rotatable bonds is 4. The van der Waals surface area contributed by atoms with Gasteiger partial charge in [0.1, 0.15) is 0 Å². The van der Waals surface area contributed by atoms with Gasteiger partial charge in [-0.05, 0) is 69.4 Å². The zero-order valence-electron chi connectivity index (χ0n) is 28.0. The third kappa shape index (κ3) is 4.25. The van der Waals surface area contributed by atoms with E-state index in [9.17, 15) is 0 Å². The summed E-state index contributed by atoms with van der Waals surface area (Å²) in [6.45, 7) is 4.79. The van der Waals surface area contributed by atoms with Crippen LogP contribution in [0.2, 0.25) is 0 Å². The number of benzene rings is 7. The lowest BCUT2D eigenvalue weighted by atomic mass is 9.68. The van der Waals surface area contributed by atoms with Gasteiger partial charge >= 0.3 is 0 Å². The third-order valence-corrected chi connectivity index (χ3v) is 10.8. The van der Waals surface area contributed by atoms with Gasteiger partial charge in [0.2, 0.25) is 0 Å². The van der Waals surface area contributed by atoms with Gasteiger partial charge in [0.15, 0.2) is 5.84 Å². The fraction of sp³-hybridized carbons (Fsp3) is 0.0417. The number of hydrogen-bond donors (Lipinski definition) is 0. The highest BCUT2D eigenvalue weighted by Crippen LogP contribution is 2.64. The van der Waals surface area contributed by atoms with Gasteiger partial charge in [-0.25, -0.2) is 9.98 Å². The molecule has 0 saturated heterocycles. The molecule has 7 aromatic rings. The van der Waals surface area contributed by atoms with Crippen LogP contribution in [0, 0.1) is 0 Å². The summed E-state index contributed by atoms with van der Waals surface area (Å²) < 4.78 is 0. The van der Waals surface area contributed by atoms with E-state index in [1.807, 2.05) is 30.3 Å². The van der Waals surface area contributed by atoms with Crippen molar-refractivity contribution in [3.05, 3.63) is 215 Å². The maximum atomic E-state index is 5.45. The number of nitrogens with zero attached hydrogens (tertiary/aromatic N) is 3. The molecule has 3 nitrogen and oxygen atoms in total. The van der Waals surface area contributed by atoms with E-state index in [2.05, 4.69) is 162 Å². The molecular formula is C48H33N3. The topological polar surface area (TPSA) is 28.0 Å². The SMILES string of the molecule is C=NC(=NC1=C(c2ccc(N3Cc4ccccc4-c4ccccc43)cc2)C2(c3ccccc31)c1ccccc1-c1ccccc12)c1ccccc1. The van der Waals surface area contributed by atoms with Gasteiger partial charge in [0, 0.05) is 40.2 Å². The van der Waals surface area contributed by atoms with E-state index in [0.29, 0.717) is 5.84 Å². The second kappa shape index (κ2) is 11.5. The second-order valence-electron chi connectivity index (χ2n) is 13.4. The predicted octanol–water partition coefficient (Wildman–Crippen LogP) is 11.3. The smallest absolute Gasteiger partial charge is 0.159 e. The summed E-state index contributed by atoms with van der Waals surface area (Å²) in [6.07, 6.45) is 0. The fourth-order valence-electron chi connectivity index (χ4n) is 8.76. The monoisotopic (exact) mass is 651 g/mol. The molecule has 0 aromatic heterocycles. The average molecular weight is 652 g/mol. The molecule has 0 atom stereocenters. The fourth-order valence-corrected chi connectivity index (χ4v) is 8.76. The summed E-state index contributed by atoms with van der Waals surface area (Å²) in [4.78, 5) is 12.4. The molecule has 0 amide bonds. The van der Waals surface area contributed by atoms with Crippen LogP contribution in [0.4, 0.5) is 11.4 Å². The molecule has 0 unspecified atom stereocenters. The average Bonchev–Trinajstić information content (AvgIpc) is 3.67. The van der Waals surface area contributed by atoms with Crippen LogP contribution >= 0.6 is 0 Å². The lowest BCUT2D eigenvalue weighted by Crippen LogP contribution is -2.26. The summed E-state index contributed by atoms with van der Waals surface area (Å²) in [5.41, 5.74) is 17.3. The van der Waals surface area contributed by atoms with Crippen LogP contribution in [0.25, 0.3) is 33.5 Å². The highest BCUT2D eigenvalue weighted by Gasteiger charge is 2.53. The quantitative estimate of drug-likeness (QED) is 0.137. The molecule has 240 valence electrons. The third-order valence-electron chi connectivity index (χ3n) is 10.8. The number of amidine groups is 1. The highest BCUT2D eigenvalue weighted by molar-refractivity contribution is 6.13. The van der Waals surface area contributed by atoms with Gasteiger partial charge in [-0.3, -0.25) is 0 Å². The van der Waals surface area contributed by atoms with Gasteiger partial charge in [-0.2, -0.15) is 0 Å². The standard InChI is InChI=1S/C48H33N3/c1-49-47(33-15-3-2-4-16-33)50-46-40-22-9-13-25-43(40)48(41-23-11-7-19-37(41)38-20-8-12-24-42(38)48)45(46)32-27-29-35(30-28-32)51-31-34-17-5-6-18-36(34)39-21-10-14-26-44(39)51/h2-30H,1,31H2. The Kier molecular flexibility index (Phi) is 6.62. The minimum atomic E-state index is -0.566. The van der Waals surface area contributed by atoms with Crippen molar-refractivity contribution in [1.29, 1.82) is 0 Å². The molecule has 1 heterocycles. The minimum absolute atomic E-state index is 0.566. The molecule has 3 heteroatoms. The van der Waals surface area contributed by atoms with E-state index in [1.54, 1.807) is 0 Å². The number of hydrogen-bond acceptors (Lipinski definition) is 2. The minimum Gasteiger partial charge on any atom is -0.336 e. The number of allylic oxidation sites excluding steroid dienone is 1. The molecule has 10 rings (SSSR count). The van der Waals surface area contributed by atoms with Crippen LogP contribution in [0.3, 0.4) is 0 Å². The zero-order valence-corrected chi connectivity index (χ0v) is 28.0. The molecule has 1 aliphatic heterocycles. The van der Waals surface area contributed by atoms with Crippen LogP contribution in [-0.2, 0) is 12.0 Å². The molecule has 0 N–H and O–H groups in total. The van der Waals surface area contributed by atoms with Gasteiger partial charge in [-0.15, -0.1) is 0 Å². The van der Waals surface area contributed by atoms with E-state index in [4.69, 9.17) is 4.99 Å². The Hall–Kier alpha value is -6.58. The number of para-hydroxylation sites is 1. The van der Waals surface area contributed by atoms with Crippen molar-refractivity contribution in [3.8, 4) is 22.3 Å². The van der Waals surface area contributed by atoms with Gasteiger partial charge in [0.05, 0.1) is 11.1 Å². The molecule has 0 fully saturated rings. The van der Waals surface area contributed by atoms with Crippen molar-refractivity contribution in [1.82, 2.24) is 0 Å². The van der Waals surface area contributed by atoms with E-state index < -0.39 is 5.41 Å². The lowest BCUT2D eigenvalue weighted by Gasteiger charge is -2.34. The number of aliphatic imine (C=N–C) groups is 2. The first-order valence-electron chi connectivity index (χ1n) is 17.5. The number of anilines is 2. The summed E-state index contributed by atoms with van der Waals surface area (Å²) in [5, 5.41) is 0. The summed E-state index contributed by atoms with van der Waals surface area (Å²) >= 11 is 0. The van der Waals surface area contributed by atoms with E-state index >= 15 is 0 Å². The molecule has 0 radical (unpaired) electrons. The Morgan fingerprint density at radius 2 is 1.04 bits per heavy atom. The first-order chi connectivity index (χ1) is 25.3. The molecular weight excluding hydrogens is 619 g/mol. The second-order valence-corrected chi connectivity index (χ2v) is 13.4. The predicted molar refractivity (Wildman–Crippen MR) is 212 cm³/mol. The maximum absolute atomic E-state index is 5.45. The molecule has 7 aromatic carbocycles. The van der Waals surface area contributed by atoms with Crippen LogP contribution in [0.5, 0.6) is 0 Å². The Balaban J connectivity index is 1.23. The van der Waals surface area contributed by atoms with Crippen molar-refractivity contribution in [3.63, 3.8) is 0 Å². The molecule has 0 saturated carbocycles. The van der Waals surface area contributed by atoms with E-state index in [0.717, 1.165) is 40.2 Å². The van der Waals surface area contributed by atoms with Crippen LogP contribution in [0.1, 0.15) is 38.9 Å². The van der Waals surface area contributed by atoms with Crippen molar-refractivity contribution in [2.24, 2.45) is 9.98 Å². The largest absolute Gasteiger partial charge is 0.336 e. The Morgan fingerprint density at radius 3 is 1.71 bits per heavy atom. The van der Waals surface area contributed by atoms with Crippen molar-refractivity contribution in [2.45, 2.75) is 12.0 Å². The molecule has 1 spiro atoms. The van der Waals surface area contributed by atoms with Crippen molar-refractivity contribution in [2.75, 3.05) is 4.90 Å².